The molecular weight excluding hydrogens is 260 g/mol. The van der Waals surface area contributed by atoms with E-state index in [1.54, 1.807) is 10.8 Å². The summed E-state index contributed by atoms with van der Waals surface area (Å²) in [4.78, 5) is 16.0. The summed E-state index contributed by atoms with van der Waals surface area (Å²) in [5, 5.41) is 0. The summed E-state index contributed by atoms with van der Waals surface area (Å²) in [5.74, 6) is 0.629. The zero-order chi connectivity index (χ0) is 13.7. The Kier molecular flexibility index (Phi) is 4.74. The standard InChI is InChI=1S/C15H17ClN2O/c1-12-4-6-13(7-5-12)14-8-11-18(15(19)17-14)10-3-2-9-16/h4-8,11H,2-3,9-10H2,1H3. The van der Waals surface area contributed by atoms with E-state index in [1.165, 1.54) is 5.56 Å². The zero-order valence-electron chi connectivity index (χ0n) is 11.0. The van der Waals surface area contributed by atoms with Crippen molar-refractivity contribution >= 4 is 11.6 Å². The van der Waals surface area contributed by atoms with E-state index in [0.717, 1.165) is 24.1 Å². The molecule has 1 aromatic heterocycles. The van der Waals surface area contributed by atoms with Crippen molar-refractivity contribution in [1.82, 2.24) is 9.55 Å². The first-order valence-corrected chi connectivity index (χ1v) is 6.94. The first-order valence-electron chi connectivity index (χ1n) is 6.41. The molecule has 19 heavy (non-hydrogen) atoms. The minimum Gasteiger partial charge on any atom is -0.299 e. The average molecular weight is 277 g/mol. The van der Waals surface area contributed by atoms with Gasteiger partial charge in [-0.25, -0.2) is 4.79 Å². The Hall–Kier alpha value is -1.61. The van der Waals surface area contributed by atoms with Gasteiger partial charge in [-0.05, 0) is 25.8 Å². The predicted molar refractivity (Wildman–Crippen MR) is 78.6 cm³/mol. The molecule has 2 aromatic rings. The first-order chi connectivity index (χ1) is 9.20. The van der Waals surface area contributed by atoms with Gasteiger partial charge in [0.1, 0.15) is 0 Å². The minimum atomic E-state index is -0.201. The van der Waals surface area contributed by atoms with Gasteiger partial charge >= 0.3 is 5.69 Å². The minimum absolute atomic E-state index is 0.201. The van der Waals surface area contributed by atoms with Crippen LogP contribution in [0, 0.1) is 6.92 Å². The van der Waals surface area contributed by atoms with Crippen molar-refractivity contribution in [2.45, 2.75) is 26.3 Å². The number of hydrogen-bond acceptors (Lipinski definition) is 2. The normalized spacial score (nSPS) is 10.6. The maximum atomic E-state index is 11.9. The Morgan fingerprint density at radius 3 is 2.53 bits per heavy atom. The van der Waals surface area contributed by atoms with Crippen LogP contribution >= 0.6 is 11.6 Å². The summed E-state index contributed by atoms with van der Waals surface area (Å²) in [5.41, 5.74) is 2.68. The number of alkyl halides is 1. The van der Waals surface area contributed by atoms with Gasteiger partial charge in [0, 0.05) is 24.2 Å². The third kappa shape index (κ3) is 3.67. The second-order valence-corrected chi connectivity index (χ2v) is 4.93. The van der Waals surface area contributed by atoms with E-state index < -0.39 is 0 Å². The molecule has 0 N–H and O–H groups in total. The molecule has 0 aliphatic rings. The molecule has 0 saturated heterocycles. The molecule has 0 atom stereocenters. The molecular formula is C15H17ClN2O. The largest absolute Gasteiger partial charge is 0.348 e. The Morgan fingerprint density at radius 2 is 1.89 bits per heavy atom. The Labute approximate surface area is 117 Å². The van der Waals surface area contributed by atoms with Crippen molar-refractivity contribution in [3.63, 3.8) is 0 Å². The first kappa shape index (κ1) is 13.8. The average Bonchev–Trinajstić information content (AvgIpc) is 2.42. The molecule has 0 radical (unpaired) electrons. The lowest BCUT2D eigenvalue weighted by Gasteiger charge is -2.06. The molecule has 3 nitrogen and oxygen atoms in total. The highest BCUT2D eigenvalue weighted by Crippen LogP contribution is 2.15. The second kappa shape index (κ2) is 6.53. The zero-order valence-corrected chi connectivity index (χ0v) is 11.7. The van der Waals surface area contributed by atoms with Crippen LogP contribution in [0.5, 0.6) is 0 Å². The van der Waals surface area contributed by atoms with E-state index in [1.807, 2.05) is 37.3 Å². The van der Waals surface area contributed by atoms with Crippen molar-refractivity contribution in [3.8, 4) is 11.3 Å². The number of benzene rings is 1. The van der Waals surface area contributed by atoms with Gasteiger partial charge in [-0.15, -0.1) is 11.6 Å². The smallest absolute Gasteiger partial charge is 0.299 e. The maximum absolute atomic E-state index is 11.9. The predicted octanol–water partition coefficient (Wildman–Crippen LogP) is 3.24. The molecule has 0 unspecified atom stereocenters. The highest BCUT2D eigenvalue weighted by atomic mass is 35.5. The number of aryl methyl sites for hydroxylation is 2. The van der Waals surface area contributed by atoms with Crippen LogP contribution in [-0.4, -0.2) is 15.4 Å². The summed E-state index contributed by atoms with van der Waals surface area (Å²) in [7, 11) is 0. The summed E-state index contributed by atoms with van der Waals surface area (Å²) >= 11 is 5.62. The fraction of sp³-hybridized carbons (Fsp3) is 0.333. The van der Waals surface area contributed by atoms with Gasteiger partial charge in [0.05, 0.1) is 5.69 Å². The molecule has 2 rings (SSSR count). The van der Waals surface area contributed by atoms with Crippen molar-refractivity contribution in [1.29, 1.82) is 0 Å². The Bertz CT molecular complexity index is 590. The molecule has 0 fully saturated rings. The summed E-state index contributed by atoms with van der Waals surface area (Å²) in [6.07, 6.45) is 3.61. The van der Waals surface area contributed by atoms with Gasteiger partial charge < -0.3 is 0 Å². The van der Waals surface area contributed by atoms with Crippen molar-refractivity contribution < 1.29 is 0 Å². The molecule has 1 aromatic carbocycles. The van der Waals surface area contributed by atoms with Crippen LogP contribution in [0.25, 0.3) is 11.3 Å². The van der Waals surface area contributed by atoms with Gasteiger partial charge in [0.15, 0.2) is 0 Å². The van der Waals surface area contributed by atoms with E-state index >= 15 is 0 Å². The van der Waals surface area contributed by atoms with Gasteiger partial charge in [-0.1, -0.05) is 29.8 Å². The number of halogens is 1. The summed E-state index contributed by atoms with van der Waals surface area (Å²) in [6.45, 7) is 2.71. The van der Waals surface area contributed by atoms with Crippen LogP contribution in [0.15, 0.2) is 41.3 Å². The molecule has 0 aliphatic heterocycles. The van der Waals surface area contributed by atoms with E-state index in [4.69, 9.17) is 11.6 Å². The van der Waals surface area contributed by atoms with E-state index in [9.17, 15) is 4.79 Å². The number of rotatable bonds is 5. The molecule has 0 bridgehead atoms. The number of hydrogen-bond donors (Lipinski definition) is 0. The van der Waals surface area contributed by atoms with Gasteiger partial charge in [-0.3, -0.25) is 4.57 Å². The molecule has 100 valence electrons. The third-order valence-electron chi connectivity index (χ3n) is 3.00. The molecule has 0 aliphatic carbocycles. The second-order valence-electron chi connectivity index (χ2n) is 4.55. The monoisotopic (exact) mass is 276 g/mol. The highest BCUT2D eigenvalue weighted by molar-refractivity contribution is 6.17. The van der Waals surface area contributed by atoms with Crippen molar-refractivity contribution in [2.75, 3.05) is 5.88 Å². The Morgan fingerprint density at radius 1 is 1.16 bits per heavy atom. The van der Waals surface area contributed by atoms with E-state index in [-0.39, 0.29) is 5.69 Å². The molecule has 0 amide bonds. The molecule has 4 heteroatoms. The number of nitrogens with zero attached hydrogens (tertiary/aromatic N) is 2. The van der Waals surface area contributed by atoms with Gasteiger partial charge in [0.25, 0.3) is 0 Å². The van der Waals surface area contributed by atoms with Crippen LogP contribution in [0.3, 0.4) is 0 Å². The van der Waals surface area contributed by atoms with Crippen LogP contribution in [0.2, 0.25) is 0 Å². The van der Waals surface area contributed by atoms with Gasteiger partial charge in [-0.2, -0.15) is 4.98 Å². The Balaban J connectivity index is 2.19. The summed E-state index contributed by atoms with van der Waals surface area (Å²) in [6, 6.07) is 9.88. The van der Waals surface area contributed by atoms with Crippen LogP contribution in [0.1, 0.15) is 18.4 Å². The number of aromatic nitrogens is 2. The van der Waals surface area contributed by atoms with Crippen molar-refractivity contribution in [3.05, 3.63) is 52.6 Å². The molecule has 0 saturated carbocycles. The van der Waals surface area contributed by atoms with Crippen molar-refractivity contribution in [2.24, 2.45) is 0 Å². The topological polar surface area (TPSA) is 34.9 Å². The SMILES string of the molecule is Cc1ccc(-c2ccn(CCCCCl)c(=O)n2)cc1. The van der Waals surface area contributed by atoms with Crippen LogP contribution in [0.4, 0.5) is 0 Å². The van der Waals surface area contributed by atoms with Crippen LogP contribution in [-0.2, 0) is 6.54 Å². The highest BCUT2D eigenvalue weighted by Gasteiger charge is 2.02. The number of unbranched alkanes of at least 4 members (excludes halogenated alkanes) is 1. The fourth-order valence-electron chi connectivity index (χ4n) is 1.86. The summed E-state index contributed by atoms with van der Waals surface area (Å²) < 4.78 is 1.63. The van der Waals surface area contributed by atoms with E-state index in [0.29, 0.717) is 12.4 Å². The quantitative estimate of drug-likeness (QED) is 0.621. The lowest BCUT2D eigenvalue weighted by Crippen LogP contribution is -2.22. The lowest BCUT2D eigenvalue weighted by molar-refractivity contribution is 0.601. The molecule has 1 heterocycles. The molecule has 0 spiro atoms. The lowest BCUT2D eigenvalue weighted by atomic mass is 10.1. The maximum Gasteiger partial charge on any atom is 0.348 e. The fourth-order valence-corrected chi connectivity index (χ4v) is 2.05. The van der Waals surface area contributed by atoms with Crippen LogP contribution < -0.4 is 5.69 Å². The van der Waals surface area contributed by atoms with Gasteiger partial charge in [0.2, 0.25) is 0 Å². The third-order valence-corrected chi connectivity index (χ3v) is 3.27. The van der Waals surface area contributed by atoms with E-state index in [2.05, 4.69) is 4.98 Å².